The number of carbonyl (C=O) groups excluding carboxylic acids is 1. The smallest absolute Gasteiger partial charge is 0.338 e. The first-order valence-electron chi connectivity index (χ1n) is 8.92. The van der Waals surface area contributed by atoms with E-state index in [4.69, 9.17) is 16.3 Å². The fraction of sp³-hybridized carbons (Fsp3) is 0.0952. The van der Waals surface area contributed by atoms with Gasteiger partial charge in [0, 0.05) is 5.56 Å². The number of benzene rings is 3. The lowest BCUT2D eigenvalue weighted by molar-refractivity contribution is 0.0473. The molecule has 0 radical (unpaired) electrons. The summed E-state index contributed by atoms with van der Waals surface area (Å²) in [6, 6.07) is 16.8. The summed E-state index contributed by atoms with van der Waals surface area (Å²) in [7, 11) is -3.66. The summed E-state index contributed by atoms with van der Waals surface area (Å²) in [5.41, 5.74) is 1.91. The van der Waals surface area contributed by atoms with Crippen molar-refractivity contribution in [2.75, 3.05) is 5.32 Å². The summed E-state index contributed by atoms with van der Waals surface area (Å²) >= 11 is 5.93. The second-order valence-electron chi connectivity index (χ2n) is 6.63. The molecule has 0 spiro atoms. The minimum absolute atomic E-state index is 0.0968. The minimum atomic E-state index is -3.66. The van der Waals surface area contributed by atoms with Crippen molar-refractivity contribution in [3.8, 4) is 0 Å². The van der Waals surface area contributed by atoms with Crippen molar-refractivity contribution in [3.63, 3.8) is 0 Å². The number of hydrogen-bond acceptors (Lipinski definition) is 5. The summed E-state index contributed by atoms with van der Waals surface area (Å²) in [6.45, 7) is -0.0968. The zero-order valence-electron chi connectivity index (χ0n) is 15.4. The van der Waals surface area contributed by atoms with Gasteiger partial charge in [-0.3, -0.25) is 0 Å². The first-order chi connectivity index (χ1) is 14.3. The van der Waals surface area contributed by atoms with Crippen LogP contribution >= 0.6 is 11.6 Å². The maximum Gasteiger partial charge on any atom is 0.338 e. The fourth-order valence-electron chi connectivity index (χ4n) is 3.05. The molecule has 1 unspecified atom stereocenters. The number of anilines is 1. The predicted octanol–water partition coefficient (Wildman–Crippen LogP) is 4.24. The molecule has 1 heterocycles. The number of hydrogen-bond donors (Lipinski definition) is 2. The van der Waals surface area contributed by atoms with Crippen LogP contribution in [0.4, 0.5) is 10.1 Å². The van der Waals surface area contributed by atoms with E-state index in [1.165, 1.54) is 18.2 Å². The van der Waals surface area contributed by atoms with E-state index in [1.807, 2.05) is 0 Å². The molecule has 6 nitrogen and oxygen atoms in total. The Morgan fingerprint density at radius 2 is 1.80 bits per heavy atom. The molecule has 1 aliphatic heterocycles. The molecule has 1 atom stereocenters. The lowest BCUT2D eigenvalue weighted by Crippen LogP contribution is -2.38. The van der Waals surface area contributed by atoms with Gasteiger partial charge in [0.1, 0.15) is 23.5 Å². The maximum absolute atomic E-state index is 13.1. The monoisotopic (exact) mass is 446 g/mol. The van der Waals surface area contributed by atoms with Crippen molar-refractivity contribution in [3.05, 3.63) is 94.3 Å². The molecule has 3 aromatic rings. The van der Waals surface area contributed by atoms with Crippen LogP contribution in [0.5, 0.6) is 0 Å². The lowest BCUT2D eigenvalue weighted by Gasteiger charge is -2.28. The Balaban J connectivity index is 1.46. The number of para-hydroxylation sites is 1. The molecule has 154 valence electrons. The van der Waals surface area contributed by atoms with E-state index in [0.29, 0.717) is 16.8 Å². The Labute approximate surface area is 177 Å². The molecule has 0 fully saturated rings. The topological polar surface area (TPSA) is 84.5 Å². The normalized spacial score (nSPS) is 16.9. The molecule has 30 heavy (non-hydrogen) atoms. The molecule has 2 N–H and O–H groups in total. The molecule has 0 amide bonds. The van der Waals surface area contributed by atoms with Crippen LogP contribution in [0.2, 0.25) is 5.02 Å². The number of halogens is 2. The van der Waals surface area contributed by atoms with E-state index in [1.54, 1.807) is 42.5 Å². The second-order valence-corrected chi connectivity index (χ2v) is 8.72. The van der Waals surface area contributed by atoms with E-state index in [-0.39, 0.29) is 22.1 Å². The van der Waals surface area contributed by atoms with Gasteiger partial charge in [0.2, 0.25) is 10.0 Å². The van der Waals surface area contributed by atoms with Gasteiger partial charge >= 0.3 is 5.97 Å². The van der Waals surface area contributed by atoms with E-state index in [9.17, 15) is 17.6 Å². The van der Waals surface area contributed by atoms with Gasteiger partial charge in [-0.05, 0) is 42.0 Å². The van der Waals surface area contributed by atoms with Gasteiger partial charge in [0.05, 0.1) is 16.3 Å². The summed E-state index contributed by atoms with van der Waals surface area (Å²) in [4.78, 5) is 12.5. The number of ether oxygens (including phenoxy) is 1. The fourth-order valence-corrected chi connectivity index (χ4v) is 4.58. The van der Waals surface area contributed by atoms with Crippen LogP contribution in [0.15, 0.2) is 71.6 Å². The minimum Gasteiger partial charge on any atom is -0.457 e. The van der Waals surface area contributed by atoms with Crippen molar-refractivity contribution in [1.29, 1.82) is 0 Å². The standard InChI is InChI=1S/C21H16ClFN2O4S/c22-17-11-16(23)10-9-15(17)12-29-21(26)14-7-5-13(6-8-14)20-24-18-3-1-2-4-19(18)30(27,28)25-20/h1-11,20,24-25H,12H2. The summed E-state index contributed by atoms with van der Waals surface area (Å²) in [6.07, 6.45) is -0.673. The molecule has 0 saturated carbocycles. The number of nitrogens with one attached hydrogen (secondary N) is 2. The molecule has 3 aromatic carbocycles. The highest BCUT2D eigenvalue weighted by Crippen LogP contribution is 2.30. The second kappa shape index (κ2) is 8.06. The van der Waals surface area contributed by atoms with Crippen molar-refractivity contribution in [2.24, 2.45) is 0 Å². The molecule has 0 aliphatic carbocycles. The summed E-state index contributed by atoms with van der Waals surface area (Å²) in [5.74, 6) is -1.05. The van der Waals surface area contributed by atoms with Gasteiger partial charge in [-0.1, -0.05) is 41.9 Å². The highest BCUT2D eigenvalue weighted by Gasteiger charge is 2.29. The van der Waals surface area contributed by atoms with Gasteiger partial charge in [0.15, 0.2) is 0 Å². The Hall–Kier alpha value is -2.94. The van der Waals surface area contributed by atoms with Crippen LogP contribution in [0.3, 0.4) is 0 Å². The van der Waals surface area contributed by atoms with Crippen LogP contribution in [-0.4, -0.2) is 14.4 Å². The molecule has 1 aliphatic rings. The van der Waals surface area contributed by atoms with E-state index in [2.05, 4.69) is 10.0 Å². The predicted molar refractivity (Wildman–Crippen MR) is 110 cm³/mol. The van der Waals surface area contributed by atoms with Crippen LogP contribution < -0.4 is 10.0 Å². The van der Waals surface area contributed by atoms with Gasteiger partial charge in [-0.15, -0.1) is 0 Å². The highest BCUT2D eigenvalue weighted by atomic mass is 35.5. The third-order valence-corrected chi connectivity index (χ3v) is 6.44. The molecule has 0 aromatic heterocycles. The van der Waals surface area contributed by atoms with Crippen molar-refractivity contribution >= 4 is 33.3 Å². The zero-order chi connectivity index (χ0) is 21.3. The van der Waals surface area contributed by atoms with Crippen LogP contribution in [0.1, 0.15) is 27.7 Å². The summed E-state index contributed by atoms with van der Waals surface area (Å²) in [5, 5.41) is 3.30. The Bertz CT molecular complexity index is 1220. The molecular formula is C21H16ClFN2O4S. The highest BCUT2D eigenvalue weighted by molar-refractivity contribution is 7.89. The first-order valence-corrected chi connectivity index (χ1v) is 10.8. The average Bonchev–Trinajstić information content (AvgIpc) is 2.72. The Morgan fingerprint density at radius 3 is 2.53 bits per heavy atom. The van der Waals surface area contributed by atoms with E-state index in [0.717, 1.165) is 6.07 Å². The van der Waals surface area contributed by atoms with Crippen molar-refractivity contribution in [1.82, 2.24) is 4.72 Å². The average molecular weight is 447 g/mol. The molecule has 4 rings (SSSR count). The van der Waals surface area contributed by atoms with Crippen molar-refractivity contribution < 1.29 is 22.3 Å². The Morgan fingerprint density at radius 1 is 1.07 bits per heavy atom. The van der Waals surface area contributed by atoms with Crippen LogP contribution in [0, 0.1) is 5.82 Å². The van der Waals surface area contributed by atoms with Gasteiger partial charge in [-0.25, -0.2) is 17.6 Å². The number of esters is 1. The lowest BCUT2D eigenvalue weighted by atomic mass is 10.1. The largest absolute Gasteiger partial charge is 0.457 e. The molecular weight excluding hydrogens is 431 g/mol. The van der Waals surface area contributed by atoms with E-state index >= 15 is 0 Å². The third kappa shape index (κ3) is 4.16. The number of rotatable bonds is 4. The third-order valence-electron chi connectivity index (χ3n) is 4.60. The first kappa shape index (κ1) is 20.3. The van der Waals surface area contributed by atoms with Gasteiger partial charge < -0.3 is 10.1 Å². The molecule has 0 saturated heterocycles. The van der Waals surface area contributed by atoms with E-state index < -0.39 is 28.0 Å². The quantitative estimate of drug-likeness (QED) is 0.585. The number of fused-ring (bicyclic) bond motifs is 1. The van der Waals surface area contributed by atoms with Crippen LogP contribution in [-0.2, 0) is 21.4 Å². The Kier molecular flexibility index (Phi) is 5.46. The SMILES string of the molecule is O=C(OCc1ccc(F)cc1Cl)c1ccc(C2Nc3ccccc3S(=O)(=O)N2)cc1. The number of sulfonamides is 1. The van der Waals surface area contributed by atoms with Gasteiger partial charge in [-0.2, -0.15) is 4.72 Å². The molecule has 0 bridgehead atoms. The summed E-state index contributed by atoms with van der Waals surface area (Å²) < 4.78 is 45.8. The van der Waals surface area contributed by atoms with Crippen molar-refractivity contribution in [2.45, 2.75) is 17.7 Å². The maximum atomic E-state index is 13.1. The number of carbonyl (C=O) groups is 1. The van der Waals surface area contributed by atoms with Gasteiger partial charge in [0.25, 0.3) is 0 Å². The molecule has 9 heteroatoms. The van der Waals surface area contributed by atoms with Crippen LogP contribution in [0.25, 0.3) is 0 Å². The zero-order valence-corrected chi connectivity index (χ0v) is 17.0.